The van der Waals surface area contributed by atoms with Crippen LogP contribution < -0.4 is 5.73 Å². The lowest BCUT2D eigenvalue weighted by Gasteiger charge is -2.20. The fourth-order valence-corrected chi connectivity index (χ4v) is 2.30. The second kappa shape index (κ2) is 3.59. The van der Waals surface area contributed by atoms with Gasteiger partial charge in [0.15, 0.2) is 0 Å². The number of carboxylic acid groups (broad SMARTS) is 1. The third-order valence-electron chi connectivity index (χ3n) is 3.70. The van der Waals surface area contributed by atoms with E-state index >= 15 is 0 Å². The zero-order valence-corrected chi connectivity index (χ0v) is 9.66. The fraction of sp³-hybridized carbons (Fsp3) is 0.462. The quantitative estimate of drug-likeness (QED) is 0.818. The first kappa shape index (κ1) is 11.1. The minimum atomic E-state index is -0.861. The summed E-state index contributed by atoms with van der Waals surface area (Å²) in [6, 6.07) is 5.75. The molecule has 0 radical (unpaired) electrons. The van der Waals surface area contributed by atoms with Crippen LogP contribution in [0.25, 0.3) is 0 Å². The molecule has 1 aromatic rings. The first-order valence-corrected chi connectivity index (χ1v) is 5.57. The van der Waals surface area contributed by atoms with E-state index in [2.05, 4.69) is 0 Å². The molecule has 0 amide bonds. The van der Waals surface area contributed by atoms with Crippen LogP contribution in [-0.2, 0) is 5.41 Å². The van der Waals surface area contributed by atoms with Gasteiger partial charge in [0.1, 0.15) is 0 Å². The van der Waals surface area contributed by atoms with E-state index in [1.54, 1.807) is 6.07 Å². The Morgan fingerprint density at radius 1 is 1.50 bits per heavy atom. The smallest absolute Gasteiger partial charge is 0.335 e. The van der Waals surface area contributed by atoms with Crippen molar-refractivity contribution in [2.75, 3.05) is 0 Å². The van der Waals surface area contributed by atoms with Crippen LogP contribution in [0, 0.1) is 6.92 Å². The van der Waals surface area contributed by atoms with Gasteiger partial charge in [-0.25, -0.2) is 4.79 Å². The third-order valence-corrected chi connectivity index (χ3v) is 3.70. The third kappa shape index (κ3) is 1.61. The Hall–Kier alpha value is -1.35. The summed E-state index contributed by atoms with van der Waals surface area (Å²) in [5.41, 5.74) is 8.28. The molecular formula is C13H17NO2. The van der Waals surface area contributed by atoms with Gasteiger partial charge in [0, 0.05) is 11.5 Å². The van der Waals surface area contributed by atoms with E-state index in [0.717, 1.165) is 24.0 Å². The van der Waals surface area contributed by atoms with Crippen molar-refractivity contribution in [2.45, 2.75) is 38.1 Å². The van der Waals surface area contributed by atoms with Crippen LogP contribution in [0.5, 0.6) is 0 Å². The number of nitrogens with two attached hydrogens (primary N) is 1. The predicted octanol–water partition coefficient (Wildman–Crippen LogP) is 2.07. The molecule has 0 heterocycles. The predicted molar refractivity (Wildman–Crippen MR) is 62.7 cm³/mol. The Morgan fingerprint density at radius 3 is 2.56 bits per heavy atom. The van der Waals surface area contributed by atoms with Crippen molar-refractivity contribution in [3.63, 3.8) is 0 Å². The SMILES string of the molecule is Cc1ccc(C2(C(C)N)CC2)cc1C(=O)O. The van der Waals surface area contributed by atoms with Gasteiger partial charge in [-0.15, -0.1) is 0 Å². The van der Waals surface area contributed by atoms with Crippen LogP contribution in [0.4, 0.5) is 0 Å². The van der Waals surface area contributed by atoms with E-state index in [9.17, 15) is 4.79 Å². The van der Waals surface area contributed by atoms with Gasteiger partial charge in [-0.2, -0.15) is 0 Å². The highest BCUT2D eigenvalue weighted by atomic mass is 16.4. The van der Waals surface area contributed by atoms with E-state index in [1.807, 2.05) is 26.0 Å². The molecule has 1 aromatic carbocycles. The molecule has 1 atom stereocenters. The topological polar surface area (TPSA) is 63.3 Å². The van der Waals surface area contributed by atoms with E-state index in [4.69, 9.17) is 10.8 Å². The van der Waals surface area contributed by atoms with Gasteiger partial charge in [0.25, 0.3) is 0 Å². The fourth-order valence-electron chi connectivity index (χ4n) is 2.30. The Balaban J connectivity index is 2.44. The number of benzene rings is 1. The largest absolute Gasteiger partial charge is 0.478 e. The van der Waals surface area contributed by atoms with Crippen molar-refractivity contribution in [3.05, 3.63) is 34.9 Å². The lowest BCUT2D eigenvalue weighted by atomic mass is 9.87. The molecular weight excluding hydrogens is 202 g/mol. The van der Waals surface area contributed by atoms with Gasteiger partial charge in [0.05, 0.1) is 5.56 Å². The molecule has 3 heteroatoms. The van der Waals surface area contributed by atoms with Crippen molar-refractivity contribution in [1.82, 2.24) is 0 Å². The van der Waals surface area contributed by atoms with E-state index in [-0.39, 0.29) is 11.5 Å². The summed E-state index contributed by atoms with van der Waals surface area (Å²) in [7, 11) is 0. The van der Waals surface area contributed by atoms with Crippen molar-refractivity contribution in [3.8, 4) is 0 Å². The van der Waals surface area contributed by atoms with Gasteiger partial charge < -0.3 is 10.8 Å². The highest BCUT2D eigenvalue weighted by molar-refractivity contribution is 5.89. The van der Waals surface area contributed by atoms with Gasteiger partial charge in [-0.3, -0.25) is 0 Å². The summed E-state index contributed by atoms with van der Waals surface area (Å²) in [5, 5.41) is 9.08. The maximum atomic E-state index is 11.1. The van der Waals surface area contributed by atoms with Crippen LogP contribution in [-0.4, -0.2) is 17.1 Å². The van der Waals surface area contributed by atoms with E-state index in [0.29, 0.717) is 5.56 Å². The number of rotatable bonds is 3. The molecule has 1 aliphatic rings. The van der Waals surface area contributed by atoms with Crippen molar-refractivity contribution < 1.29 is 9.90 Å². The molecule has 1 aliphatic carbocycles. The highest BCUT2D eigenvalue weighted by Gasteiger charge is 2.47. The monoisotopic (exact) mass is 219 g/mol. The average Bonchev–Trinajstić information content (AvgIpc) is 2.98. The molecule has 0 aromatic heterocycles. The Kier molecular flexibility index (Phi) is 2.50. The molecule has 16 heavy (non-hydrogen) atoms. The number of carboxylic acids is 1. The van der Waals surface area contributed by atoms with Crippen LogP contribution in [0.2, 0.25) is 0 Å². The lowest BCUT2D eigenvalue weighted by molar-refractivity contribution is 0.0696. The van der Waals surface area contributed by atoms with Gasteiger partial charge in [-0.05, 0) is 43.9 Å². The molecule has 1 saturated carbocycles. The van der Waals surface area contributed by atoms with Crippen molar-refractivity contribution in [1.29, 1.82) is 0 Å². The second-order valence-electron chi connectivity index (χ2n) is 4.78. The summed E-state index contributed by atoms with van der Waals surface area (Å²) < 4.78 is 0. The number of aryl methyl sites for hydroxylation is 1. The van der Waals surface area contributed by atoms with Crippen LogP contribution in [0.15, 0.2) is 18.2 Å². The van der Waals surface area contributed by atoms with Crippen molar-refractivity contribution >= 4 is 5.97 Å². The van der Waals surface area contributed by atoms with E-state index in [1.165, 1.54) is 0 Å². The standard InChI is InChI=1S/C13H17NO2/c1-8-3-4-10(7-11(8)12(15)16)13(5-6-13)9(2)14/h3-4,7,9H,5-6,14H2,1-2H3,(H,15,16). The summed E-state index contributed by atoms with van der Waals surface area (Å²) in [6.45, 7) is 3.81. The Bertz CT molecular complexity index is 434. The molecule has 0 bridgehead atoms. The summed E-state index contributed by atoms with van der Waals surface area (Å²) >= 11 is 0. The molecule has 1 unspecified atom stereocenters. The summed E-state index contributed by atoms with van der Waals surface area (Å²) in [4.78, 5) is 11.1. The summed E-state index contributed by atoms with van der Waals surface area (Å²) in [6.07, 6.45) is 2.12. The summed E-state index contributed by atoms with van der Waals surface area (Å²) in [5.74, 6) is -0.861. The molecule has 86 valence electrons. The Morgan fingerprint density at radius 2 is 2.12 bits per heavy atom. The van der Waals surface area contributed by atoms with E-state index < -0.39 is 5.97 Å². The number of aromatic carboxylic acids is 1. The lowest BCUT2D eigenvalue weighted by Crippen LogP contribution is -2.31. The molecule has 0 aliphatic heterocycles. The molecule has 3 N–H and O–H groups in total. The normalized spacial score (nSPS) is 19.2. The first-order valence-electron chi connectivity index (χ1n) is 5.57. The molecule has 0 saturated heterocycles. The van der Waals surface area contributed by atoms with Crippen molar-refractivity contribution in [2.24, 2.45) is 5.73 Å². The van der Waals surface area contributed by atoms with Gasteiger partial charge >= 0.3 is 5.97 Å². The molecule has 1 fully saturated rings. The second-order valence-corrected chi connectivity index (χ2v) is 4.78. The van der Waals surface area contributed by atoms with Crippen LogP contribution in [0.3, 0.4) is 0 Å². The van der Waals surface area contributed by atoms with Gasteiger partial charge in [0.2, 0.25) is 0 Å². The zero-order valence-electron chi connectivity index (χ0n) is 9.66. The Labute approximate surface area is 95.3 Å². The maximum absolute atomic E-state index is 11.1. The maximum Gasteiger partial charge on any atom is 0.335 e. The average molecular weight is 219 g/mol. The zero-order chi connectivity index (χ0) is 11.9. The molecule has 3 nitrogen and oxygen atoms in total. The minimum absolute atomic E-state index is 0.0257. The molecule has 2 rings (SSSR count). The molecule has 0 spiro atoms. The van der Waals surface area contributed by atoms with Gasteiger partial charge in [-0.1, -0.05) is 12.1 Å². The van der Waals surface area contributed by atoms with Crippen LogP contribution in [0.1, 0.15) is 41.3 Å². The van der Waals surface area contributed by atoms with Crippen LogP contribution >= 0.6 is 0 Å². The highest BCUT2D eigenvalue weighted by Crippen LogP contribution is 2.50. The number of hydrogen-bond donors (Lipinski definition) is 2. The number of carbonyl (C=O) groups is 1. The first-order chi connectivity index (χ1) is 7.47. The minimum Gasteiger partial charge on any atom is -0.478 e. The number of hydrogen-bond acceptors (Lipinski definition) is 2.